The van der Waals surface area contributed by atoms with Crippen molar-refractivity contribution in [2.75, 3.05) is 32.8 Å². The van der Waals surface area contributed by atoms with E-state index in [1.165, 1.54) is 4.31 Å². The predicted molar refractivity (Wildman–Crippen MR) is 111 cm³/mol. The van der Waals surface area contributed by atoms with Crippen molar-refractivity contribution in [3.63, 3.8) is 0 Å². The van der Waals surface area contributed by atoms with Gasteiger partial charge in [0.05, 0.1) is 4.90 Å². The number of benzene rings is 2. The highest BCUT2D eigenvalue weighted by Gasteiger charge is 2.30. The van der Waals surface area contributed by atoms with Crippen molar-refractivity contribution in [3.8, 4) is 5.75 Å². The zero-order valence-electron chi connectivity index (χ0n) is 15.7. The third kappa shape index (κ3) is 4.92. The molecule has 1 amide bonds. The van der Waals surface area contributed by atoms with Gasteiger partial charge < -0.3 is 9.64 Å². The second kappa shape index (κ2) is 9.07. The highest BCUT2D eigenvalue weighted by atomic mass is 79.9. The van der Waals surface area contributed by atoms with Gasteiger partial charge in [0.15, 0.2) is 6.61 Å². The van der Waals surface area contributed by atoms with Crippen molar-refractivity contribution in [1.82, 2.24) is 9.21 Å². The summed E-state index contributed by atoms with van der Waals surface area (Å²) in [5.74, 6) is 0.532. The third-order valence-corrected chi connectivity index (χ3v) is 7.08. The summed E-state index contributed by atoms with van der Waals surface area (Å²) in [5, 5.41) is 0. The van der Waals surface area contributed by atoms with Gasteiger partial charge in [0.1, 0.15) is 5.75 Å². The Kier molecular flexibility index (Phi) is 6.74. The smallest absolute Gasteiger partial charge is 0.260 e. The Balaban J connectivity index is 1.55. The molecule has 0 bridgehead atoms. The molecule has 0 aliphatic carbocycles. The van der Waals surface area contributed by atoms with Crippen molar-refractivity contribution < 1.29 is 17.9 Å². The lowest BCUT2D eigenvalue weighted by Crippen LogP contribution is -2.51. The van der Waals surface area contributed by atoms with Crippen LogP contribution in [0.4, 0.5) is 0 Å². The molecule has 8 heteroatoms. The number of aryl methyl sites for hydroxylation is 1. The van der Waals surface area contributed by atoms with Gasteiger partial charge in [-0.05, 0) is 42.3 Å². The van der Waals surface area contributed by atoms with Crippen LogP contribution in [0.2, 0.25) is 0 Å². The summed E-state index contributed by atoms with van der Waals surface area (Å²) < 4.78 is 33.3. The van der Waals surface area contributed by atoms with E-state index in [0.717, 1.165) is 12.0 Å². The predicted octanol–water partition coefficient (Wildman–Crippen LogP) is 2.92. The zero-order chi connectivity index (χ0) is 20.1. The molecule has 0 aromatic heterocycles. The van der Waals surface area contributed by atoms with Crippen molar-refractivity contribution in [2.24, 2.45) is 0 Å². The number of hydrogen-bond acceptors (Lipinski definition) is 4. The van der Waals surface area contributed by atoms with E-state index in [1.807, 2.05) is 24.3 Å². The monoisotopic (exact) mass is 466 g/mol. The number of halogens is 1. The molecule has 0 N–H and O–H groups in total. The number of ether oxygens (including phenoxy) is 1. The zero-order valence-corrected chi connectivity index (χ0v) is 18.1. The van der Waals surface area contributed by atoms with Crippen LogP contribution in [-0.4, -0.2) is 56.3 Å². The van der Waals surface area contributed by atoms with Crippen molar-refractivity contribution >= 4 is 31.9 Å². The van der Waals surface area contributed by atoms with E-state index in [9.17, 15) is 13.2 Å². The fourth-order valence-corrected chi connectivity index (χ4v) is 5.07. The number of piperazine rings is 1. The Morgan fingerprint density at radius 2 is 1.79 bits per heavy atom. The molecule has 150 valence electrons. The molecule has 6 nitrogen and oxygen atoms in total. The molecular formula is C20H23BrN2O4S. The van der Waals surface area contributed by atoms with E-state index in [4.69, 9.17) is 4.74 Å². The van der Waals surface area contributed by atoms with Crippen molar-refractivity contribution in [3.05, 3.63) is 58.6 Å². The normalized spacial score (nSPS) is 15.4. The van der Waals surface area contributed by atoms with Gasteiger partial charge in [-0.15, -0.1) is 0 Å². The van der Waals surface area contributed by atoms with Crippen LogP contribution in [0.15, 0.2) is 57.9 Å². The van der Waals surface area contributed by atoms with E-state index < -0.39 is 10.0 Å². The van der Waals surface area contributed by atoms with Crippen LogP contribution < -0.4 is 4.74 Å². The Hall–Kier alpha value is -1.90. The Bertz CT molecular complexity index is 941. The van der Waals surface area contributed by atoms with Gasteiger partial charge in [0, 0.05) is 30.7 Å². The molecule has 0 atom stereocenters. The quantitative estimate of drug-likeness (QED) is 0.656. The second-order valence-corrected chi connectivity index (χ2v) is 9.39. The SMILES string of the molecule is CCc1cccc(OCC(=O)N2CCN(S(=O)(=O)c3cccc(Br)c3)CC2)c1. The van der Waals surface area contributed by atoms with Gasteiger partial charge >= 0.3 is 0 Å². The molecule has 3 rings (SSSR count). The molecule has 1 aliphatic heterocycles. The minimum Gasteiger partial charge on any atom is -0.484 e. The van der Waals surface area contributed by atoms with Crippen LogP contribution in [0.1, 0.15) is 12.5 Å². The Morgan fingerprint density at radius 1 is 1.07 bits per heavy atom. The molecule has 1 heterocycles. The van der Waals surface area contributed by atoms with Gasteiger partial charge in [0.2, 0.25) is 10.0 Å². The molecule has 1 saturated heterocycles. The molecule has 0 radical (unpaired) electrons. The summed E-state index contributed by atoms with van der Waals surface area (Å²) in [5.41, 5.74) is 1.15. The van der Waals surface area contributed by atoms with Crippen LogP contribution in [0.5, 0.6) is 5.75 Å². The minimum absolute atomic E-state index is 0.0500. The molecule has 0 saturated carbocycles. The van der Waals surface area contributed by atoms with Gasteiger partial charge in [-0.3, -0.25) is 4.79 Å². The standard InChI is InChI=1S/C20H23BrN2O4S/c1-2-16-5-3-7-18(13-16)27-15-20(24)22-9-11-23(12-10-22)28(25,26)19-8-4-6-17(21)14-19/h3-8,13-14H,2,9-12,15H2,1H3. The van der Waals surface area contributed by atoms with E-state index in [0.29, 0.717) is 23.3 Å². The molecule has 1 fully saturated rings. The Morgan fingerprint density at radius 3 is 2.46 bits per heavy atom. The van der Waals surface area contributed by atoms with Crippen molar-refractivity contribution in [1.29, 1.82) is 0 Å². The van der Waals surface area contributed by atoms with Gasteiger partial charge in [-0.25, -0.2) is 8.42 Å². The number of carbonyl (C=O) groups excluding carboxylic acids is 1. The summed E-state index contributed by atoms with van der Waals surface area (Å²) in [4.78, 5) is 14.3. The lowest BCUT2D eigenvalue weighted by atomic mass is 10.2. The van der Waals surface area contributed by atoms with E-state index in [2.05, 4.69) is 22.9 Å². The summed E-state index contributed by atoms with van der Waals surface area (Å²) in [6.45, 7) is 3.25. The minimum atomic E-state index is -3.56. The first-order valence-electron chi connectivity index (χ1n) is 9.15. The fraction of sp³-hybridized carbons (Fsp3) is 0.350. The number of rotatable bonds is 6. The highest BCUT2D eigenvalue weighted by molar-refractivity contribution is 9.10. The molecule has 2 aromatic rings. The molecule has 0 unspecified atom stereocenters. The lowest BCUT2D eigenvalue weighted by molar-refractivity contribution is -0.134. The van der Waals surface area contributed by atoms with Gasteiger partial charge in [-0.2, -0.15) is 4.31 Å². The molecule has 0 spiro atoms. The number of sulfonamides is 1. The maximum absolute atomic E-state index is 12.8. The van der Waals surface area contributed by atoms with Crippen LogP contribution in [0.25, 0.3) is 0 Å². The molecular weight excluding hydrogens is 444 g/mol. The summed E-state index contributed by atoms with van der Waals surface area (Å²) in [7, 11) is -3.56. The first-order chi connectivity index (χ1) is 13.4. The van der Waals surface area contributed by atoms with Crippen LogP contribution in [0.3, 0.4) is 0 Å². The first kappa shape index (κ1) is 20.8. The van der Waals surface area contributed by atoms with Crippen LogP contribution in [0, 0.1) is 0 Å². The maximum atomic E-state index is 12.8. The van der Waals surface area contributed by atoms with Gasteiger partial charge in [0.25, 0.3) is 5.91 Å². The van der Waals surface area contributed by atoms with E-state index in [-0.39, 0.29) is 30.5 Å². The molecule has 2 aromatic carbocycles. The summed E-state index contributed by atoms with van der Waals surface area (Å²) >= 11 is 3.30. The summed E-state index contributed by atoms with van der Waals surface area (Å²) in [6.07, 6.45) is 0.902. The average Bonchev–Trinajstić information content (AvgIpc) is 2.72. The summed E-state index contributed by atoms with van der Waals surface area (Å²) in [6, 6.07) is 14.3. The van der Waals surface area contributed by atoms with E-state index in [1.54, 1.807) is 29.2 Å². The number of amides is 1. The number of nitrogens with zero attached hydrogens (tertiary/aromatic N) is 2. The second-order valence-electron chi connectivity index (χ2n) is 6.53. The fourth-order valence-electron chi connectivity index (χ4n) is 3.05. The van der Waals surface area contributed by atoms with Crippen LogP contribution in [-0.2, 0) is 21.2 Å². The van der Waals surface area contributed by atoms with Crippen molar-refractivity contribution in [2.45, 2.75) is 18.2 Å². The first-order valence-corrected chi connectivity index (χ1v) is 11.4. The highest BCUT2D eigenvalue weighted by Crippen LogP contribution is 2.21. The maximum Gasteiger partial charge on any atom is 0.260 e. The third-order valence-electron chi connectivity index (χ3n) is 4.69. The largest absolute Gasteiger partial charge is 0.484 e. The topological polar surface area (TPSA) is 66.9 Å². The van der Waals surface area contributed by atoms with E-state index >= 15 is 0 Å². The van der Waals surface area contributed by atoms with Gasteiger partial charge in [-0.1, -0.05) is 41.1 Å². The van der Waals surface area contributed by atoms with Crippen LogP contribution >= 0.6 is 15.9 Å². The number of carbonyl (C=O) groups is 1. The average molecular weight is 467 g/mol. The molecule has 28 heavy (non-hydrogen) atoms. The molecule has 1 aliphatic rings. The lowest BCUT2D eigenvalue weighted by Gasteiger charge is -2.34. The number of hydrogen-bond donors (Lipinski definition) is 0. The Labute approximate surface area is 174 Å².